The minimum atomic E-state index is -0.227. The van der Waals surface area contributed by atoms with Gasteiger partial charge in [-0.3, -0.25) is 9.78 Å². The molecule has 2 aromatic heterocycles. The van der Waals surface area contributed by atoms with Gasteiger partial charge in [-0.25, -0.2) is 4.68 Å². The molecule has 3 rings (SSSR count). The van der Waals surface area contributed by atoms with Crippen LogP contribution >= 0.6 is 35.0 Å². The fraction of sp³-hybridized carbons (Fsp3) is 0.0667. The van der Waals surface area contributed by atoms with Crippen LogP contribution in [0.3, 0.4) is 0 Å². The van der Waals surface area contributed by atoms with E-state index in [0.29, 0.717) is 26.7 Å². The third-order valence-electron chi connectivity index (χ3n) is 3.12. The maximum Gasteiger partial charge on any atom is 0.234 e. The van der Waals surface area contributed by atoms with E-state index >= 15 is 0 Å². The molecule has 0 unspecified atom stereocenters. The van der Waals surface area contributed by atoms with E-state index in [0.717, 1.165) is 5.56 Å². The molecule has 0 bridgehead atoms. The van der Waals surface area contributed by atoms with Crippen LogP contribution in [0.5, 0.6) is 0 Å². The maximum absolute atomic E-state index is 12.1. The molecular weight excluding hydrogens is 383 g/mol. The largest absolute Gasteiger partial charge is 0.335 e. The van der Waals surface area contributed by atoms with E-state index in [4.69, 9.17) is 29.0 Å². The van der Waals surface area contributed by atoms with Crippen LogP contribution in [0.2, 0.25) is 10.0 Å². The Labute approximate surface area is 157 Å². The number of carbonyl (C=O) groups is 1. The predicted octanol–water partition coefficient (Wildman–Crippen LogP) is 3.09. The number of halogens is 2. The van der Waals surface area contributed by atoms with Crippen LogP contribution in [-0.2, 0) is 4.79 Å². The van der Waals surface area contributed by atoms with Crippen LogP contribution in [0.1, 0.15) is 0 Å². The number of hydrogen-bond donors (Lipinski definition) is 2. The number of nitrogens with one attached hydrogen (secondary N) is 1. The van der Waals surface area contributed by atoms with E-state index in [1.807, 2.05) is 6.07 Å². The lowest BCUT2D eigenvalue weighted by atomic mass is 10.3. The summed E-state index contributed by atoms with van der Waals surface area (Å²) < 4.78 is 1.33. The van der Waals surface area contributed by atoms with Crippen molar-refractivity contribution in [1.29, 1.82) is 0 Å². The molecule has 1 amide bonds. The molecule has 3 N–H and O–H groups in total. The van der Waals surface area contributed by atoms with Gasteiger partial charge in [0.25, 0.3) is 0 Å². The second kappa shape index (κ2) is 7.73. The van der Waals surface area contributed by atoms with Crippen molar-refractivity contribution >= 4 is 46.6 Å². The summed E-state index contributed by atoms with van der Waals surface area (Å²) in [5, 5.41) is 12.0. The first-order valence-electron chi connectivity index (χ1n) is 7.03. The summed E-state index contributed by atoms with van der Waals surface area (Å²) in [6, 6.07) is 8.47. The van der Waals surface area contributed by atoms with E-state index < -0.39 is 0 Å². The van der Waals surface area contributed by atoms with Crippen LogP contribution in [-0.4, -0.2) is 31.5 Å². The molecule has 0 saturated carbocycles. The summed E-state index contributed by atoms with van der Waals surface area (Å²) in [6.45, 7) is 0. The minimum Gasteiger partial charge on any atom is -0.335 e. The molecular formula is C15H12Cl2N6OS. The number of nitrogen functional groups attached to an aromatic ring is 1. The molecule has 0 spiro atoms. The second-order valence-corrected chi connectivity index (χ2v) is 6.64. The molecule has 0 saturated heterocycles. The van der Waals surface area contributed by atoms with Gasteiger partial charge in [0.15, 0.2) is 5.82 Å². The number of thioether (sulfide) groups is 1. The van der Waals surface area contributed by atoms with Crippen molar-refractivity contribution < 1.29 is 4.79 Å². The van der Waals surface area contributed by atoms with E-state index in [1.165, 1.54) is 16.4 Å². The molecule has 3 aromatic rings. The number of rotatable bonds is 5. The molecule has 0 aliphatic rings. The van der Waals surface area contributed by atoms with Crippen molar-refractivity contribution in [2.75, 3.05) is 16.9 Å². The van der Waals surface area contributed by atoms with E-state index in [1.54, 1.807) is 36.7 Å². The molecule has 2 heterocycles. The third kappa shape index (κ3) is 4.22. The summed E-state index contributed by atoms with van der Waals surface area (Å²) in [6.07, 6.45) is 3.29. The van der Waals surface area contributed by atoms with Crippen LogP contribution < -0.4 is 11.2 Å². The van der Waals surface area contributed by atoms with Crippen LogP contribution in [0.25, 0.3) is 11.4 Å². The van der Waals surface area contributed by atoms with Gasteiger partial charge in [0, 0.05) is 23.6 Å². The van der Waals surface area contributed by atoms with Crippen molar-refractivity contribution in [3.05, 3.63) is 52.8 Å². The van der Waals surface area contributed by atoms with Crippen molar-refractivity contribution in [1.82, 2.24) is 19.9 Å². The minimum absolute atomic E-state index is 0.114. The molecule has 10 heteroatoms. The van der Waals surface area contributed by atoms with Gasteiger partial charge in [-0.15, -0.1) is 10.2 Å². The summed E-state index contributed by atoms with van der Waals surface area (Å²) in [4.78, 5) is 16.1. The molecule has 25 heavy (non-hydrogen) atoms. The van der Waals surface area contributed by atoms with Gasteiger partial charge in [0.05, 0.1) is 15.8 Å². The lowest BCUT2D eigenvalue weighted by Crippen LogP contribution is -2.16. The van der Waals surface area contributed by atoms with Gasteiger partial charge in [0.2, 0.25) is 11.1 Å². The van der Waals surface area contributed by atoms with Gasteiger partial charge in [0.1, 0.15) is 0 Å². The zero-order chi connectivity index (χ0) is 17.8. The van der Waals surface area contributed by atoms with Crippen molar-refractivity contribution in [3.8, 4) is 11.4 Å². The number of carbonyl (C=O) groups excluding carboxylic acids is 1. The number of hydrogen-bond acceptors (Lipinski definition) is 6. The topological polar surface area (TPSA) is 98.7 Å². The first-order valence-corrected chi connectivity index (χ1v) is 8.77. The van der Waals surface area contributed by atoms with Gasteiger partial charge < -0.3 is 11.2 Å². The predicted molar refractivity (Wildman–Crippen MR) is 99.2 cm³/mol. The average molecular weight is 395 g/mol. The van der Waals surface area contributed by atoms with E-state index in [-0.39, 0.29) is 11.7 Å². The molecule has 0 aliphatic heterocycles. The van der Waals surface area contributed by atoms with Gasteiger partial charge >= 0.3 is 0 Å². The van der Waals surface area contributed by atoms with Crippen molar-refractivity contribution in [3.63, 3.8) is 0 Å². The molecule has 0 aliphatic carbocycles. The highest BCUT2D eigenvalue weighted by Gasteiger charge is 2.14. The third-order valence-corrected chi connectivity index (χ3v) is 4.80. The zero-order valence-corrected chi connectivity index (χ0v) is 15.0. The summed E-state index contributed by atoms with van der Waals surface area (Å²) >= 11 is 12.9. The Morgan fingerprint density at radius 3 is 2.80 bits per heavy atom. The fourth-order valence-corrected chi connectivity index (χ4v) is 2.92. The first kappa shape index (κ1) is 17.5. The number of nitrogens with two attached hydrogens (primary N) is 1. The van der Waals surface area contributed by atoms with Crippen molar-refractivity contribution in [2.45, 2.75) is 5.16 Å². The normalized spacial score (nSPS) is 10.6. The SMILES string of the molecule is Nn1c(SCC(=O)Nc2ccc(Cl)c(Cl)c2)nnc1-c1cccnc1. The van der Waals surface area contributed by atoms with Crippen LogP contribution in [0.4, 0.5) is 5.69 Å². The molecule has 0 atom stereocenters. The Kier molecular flexibility index (Phi) is 5.42. The highest BCUT2D eigenvalue weighted by molar-refractivity contribution is 7.99. The first-order chi connectivity index (χ1) is 12.0. The number of nitrogens with zero attached hydrogens (tertiary/aromatic N) is 4. The standard InChI is InChI=1S/C15H12Cl2N6OS/c16-11-4-3-10(6-12(11)17)20-13(24)8-25-15-22-21-14(23(15)18)9-2-1-5-19-7-9/h1-7H,8,18H2,(H,20,24). The molecule has 128 valence electrons. The highest BCUT2D eigenvalue weighted by atomic mass is 35.5. The summed E-state index contributed by atoms with van der Waals surface area (Å²) in [7, 11) is 0. The number of anilines is 1. The summed E-state index contributed by atoms with van der Waals surface area (Å²) in [5.74, 6) is 6.35. The Morgan fingerprint density at radius 1 is 1.24 bits per heavy atom. The highest BCUT2D eigenvalue weighted by Crippen LogP contribution is 2.25. The van der Waals surface area contributed by atoms with Crippen molar-refractivity contribution in [2.24, 2.45) is 0 Å². The Balaban J connectivity index is 1.63. The number of pyridine rings is 1. The lowest BCUT2D eigenvalue weighted by Gasteiger charge is -2.06. The molecule has 7 nitrogen and oxygen atoms in total. The van der Waals surface area contributed by atoms with E-state index in [2.05, 4.69) is 20.5 Å². The quantitative estimate of drug-likeness (QED) is 0.509. The Bertz CT molecular complexity index is 902. The molecule has 0 radical (unpaired) electrons. The maximum atomic E-state index is 12.1. The zero-order valence-electron chi connectivity index (χ0n) is 12.7. The van der Waals surface area contributed by atoms with Crippen LogP contribution in [0, 0.1) is 0 Å². The second-order valence-electron chi connectivity index (χ2n) is 4.88. The van der Waals surface area contributed by atoms with Gasteiger partial charge in [-0.05, 0) is 30.3 Å². The summed E-state index contributed by atoms with van der Waals surface area (Å²) in [5.41, 5.74) is 1.30. The molecule has 1 aromatic carbocycles. The van der Waals surface area contributed by atoms with Gasteiger partial charge in [-0.2, -0.15) is 0 Å². The fourth-order valence-electron chi connectivity index (χ4n) is 1.97. The van der Waals surface area contributed by atoms with Crippen LogP contribution in [0.15, 0.2) is 47.9 Å². The number of amides is 1. The monoisotopic (exact) mass is 394 g/mol. The van der Waals surface area contributed by atoms with Gasteiger partial charge in [-0.1, -0.05) is 35.0 Å². The van der Waals surface area contributed by atoms with E-state index in [9.17, 15) is 4.79 Å². The number of benzene rings is 1. The lowest BCUT2D eigenvalue weighted by molar-refractivity contribution is -0.113. The average Bonchev–Trinajstić information content (AvgIpc) is 2.98. The number of aromatic nitrogens is 4. The molecule has 0 fully saturated rings. The Hall–Kier alpha value is -2.29. The Morgan fingerprint density at radius 2 is 2.08 bits per heavy atom. The smallest absolute Gasteiger partial charge is 0.234 e.